The van der Waals surface area contributed by atoms with E-state index in [2.05, 4.69) is 13.8 Å². The van der Waals surface area contributed by atoms with E-state index in [9.17, 15) is 14.4 Å². The quantitative estimate of drug-likeness (QED) is 0.139. The lowest BCUT2D eigenvalue weighted by Gasteiger charge is -2.25. The van der Waals surface area contributed by atoms with Gasteiger partial charge in [-0.15, -0.1) is 0 Å². The summed E-state index contributed by atoms with van der Waals surface area (Å²) in [6.45, 7) is 5.24. The number of esters is 2. The molecule has 0 unspecified atom stereocenters. The molecule has 1 saturated carbocycles. The van der Waals surface area contributed by atoms with Gasteiger partial charge in [-0.05, 0) is 31.6 Å². The van der Waals surface area contributed by atoms with Gasteiger partial charge in [0.05, 0.1) is 13.2 Å². The molecule has 186 valence electrons. The average molecular weight is 453 g/mol. The minimum atomic E-state index is -0.308. The van der Waals surface area contributed by atoms with Gasteiger partial charge in [-0.2, -0.15) is 0 Å². The lowest BCUT2D eigenvalue weighted by molar-refractivity contribution is -0.148. The third-order valence-electron chi connectivity index (χ3n) is 6.48. The molecule has 0 atom stereocenters. The Morgan fingerprint density at radius 3 is 1.50 bits per heavy atom. The Balaban J connectivity index is 2.31. The molecule has 1 fully saturated rings. The first kappa shape index (κ1) is 28.6. The number of ketones is 1. The molecule has 0 aromatic rings. The molecule has 0 aromatic carbocycles. The number of hydrogen-bond donors (Lipinski definition) is 0. The first-order chi connectivity index (χ1) is 15.6. The highest BCUT2D eigenvalue weighted by Crippen LogP contribution is 2.30. The highest BCUT2D eigenvalue weighted by atomic mass is 16.5. The third kappa shape index (κ3) is 14.6. The first-order valence-corrected chi connectivity index (χ1v) is 13.4. The van der Waals surface area contributed by atoms with E-state index < -0.39 is 0 Å². The summed E-state index contributed by atoms with van der Waals surface area (Å²) in [4.78, 5) is 37.1. The Morgan fingerprint density at radius 1 is 0.656 bits per heavy atom. The standard InChI is InChI=1S/C27H48O5/c1-3-5-7-9-11-13-18-31-26(29)21-23(20-25(28)24-16-15-17-24)22-27(30)32-19-14-12-10-8-6-4-2/h23-24H,3-22H2,1-2H3. The van der Waals surface area contributed by atoms with Gasteiger partial charge in [-0.25, -0.2) is 0 Å². The van der Waals surface area contributed by atoms with Gasteiger partial charge in [0, 0.05) is 25.2 Å². The number of carbonyl (C=O) groups excluding carboxylic acids is 3. The fraction of sp³-hybridized carbons (Fsp3) is 0.889. The molecule has 0 spiro atoms. The summed E-state index contributed by atoms with van der Waals surface area (Å²) >= 11 is 0. The lowest BCUT2D eigenvalue weighted by Crippen LogP contribution is -2.26. The van der Waals surface area contributed by atoms with Gasteiger partial charge in [-0.1, -0.05) is 84.5 Å². The van der Waals surface area contributed by atoms with Crippen LogP contribution in [0, 0.1) is 11.8 Å². The summed E-state index contributed by atoms with van der Waals surface area (Å²) in [5, 5.41) is 0. The van der Waals surface area contributed by atoms with Crippen LogP contribution in [0.4, 0.5) is 0 Å². The number of unbranched alkanes of at least 4 members (excludes halogenated alkanes) is 10. The van der Waals surface area contributed by atoms with E-state index in [1.165, 1.54) is 51.4 Å². The van der Waals surface area contributed by atoms with Crippen molar-refractivity contribution < 1.29 is 23.9 Å². The summed E-state index contributed by atoms with van der Waals surface area (Å²) in [5.74, 6) is -0.593. The molecule has 0 amide bonds. The van der Waals surface area contributed by atoms with Crippen LogP contribution in [0.25, 0.3) is 0 Å². The zero-order valence-corrected chi connectivity index (χ0v) is 20.8. The first-order valence-electron chi connectivity index (χ1n) is 13.4. The summed E-state index contributed by atoms with van der Waals surface area (Å²) in [7, 11) is 0. The van der Waals surface area contributed by atoms with Crippen molar-refractivity contribution in [1.82, 2.24) is 0 Å². The molecule has 1 aliphatic rings. The van der Waals surface area contributed by atoms with Crippen LogP contribution < -0.4 is 0 Å². The van der Waals surface area contributed by atoms with E-state index in [0.717, 1.165) is 44.9 Å². The number of hydrogen-bond acceptors (Lipinski definition) is 5. The lowest BCUT2D eigenvalue weighted by atomic mass is 9.78. The van der Waals surface area contributed by atoms with Crippen LogP contribution in [0.2, 0.25) is 0 Å². The van der Waals surface area contributed by atoms with E-state index in [0.29, 0.717) is 13.2 Å². The zero-order valence-electron chi connectivity index (χ0n) is 20.8. The maximum Gasteiger partial charge on any atom is 0.306 e. The topological polar surface area (TPSA) is 69.7 Å². The summed E-state index contributed by atoms with van der Waals surface area (Å²) in [6, 6.07) is 0. The van der Waals surface area contributed by atoms with Crippen molar-refractivity contribution >= 4 is 17.7 Å². The second-order valence-corrected chi connectivity index (χ2v) is 9.55. The van der Waals surface area contributed by atoms with Crippen molar-refractivity contribution in [2.24, 2.45) is 11.8 Å². The smallest absolute Gasteiger partial charge is 0.306 e. The monoisotopic (exact) mass is 452 g/mol. The van der Waals surface area contributed by atoms with Gasteiger partial charge >= 0.3 is 11.9 Å². The maximum atomic E-state index is 12.5. The second-order valence-electron chi connectivity index (χ2n) is 9.55. The summed E-state index contributed by atoms with van der Waals surface area (Å²) in [5.41, 5.74) is 0. The molecule has 0 aliphatic heterocycles. The van der Waals surface area contributed by atoms with Gasteiger partial charge in [-0.3, -0.25) is 14.4 Å². The molecule has 32 heavy (non-hydrogen) atoms. The van der Waals surface area contributed by atoms with Crippen LogP contribution in [0.1, 0.15) is 129 Å². The molecule has 0 radical (unpaired) electrons. The fourth-order valence-corrected chi connectivity index (χ4v) is 4.12. The van der Waals surface area contributed by atoms with E-state index >= 15 is 0 Å². The maximum absolute atomic E-state index is 12.5. The Hall–Kier alpha value is -1.39. The molecule has 0 heterocycles. The Morgan fingerprint density at radius 2 is 1.09 bits per heavy atom. The molecule has 5 nitrogen and oxygen atoms in total. The summed E-state index contributed by atoms with van der Waals surface area (Å²) < 4.78 is 10.8. The number of carbonyl (C=O) groups is 3. The molecular weight excluding hydrogens is 404 g/mol. The van der Waals surface area contributed by atoms with E-state index in [4.69, 9.17) is 9.47 Å². The van der Waals surface area contributed by atoms with Gasteiger partial charge < -0.3 is 9.47 Å². The van der Waals surface area contributed by atoms with Crippen LogP contribution in [-0.2, 0) is 23.9 Å². The van der Waals surface area contributed by atoms with E-state index in [-0.39, 0.29) is 48.8 Å². The van der Waals surface area contributed by atoms with Gasteiger partial charge in [0.2, 0.25) is 0 Å². The highest BCUT2D eigenvalue weighted by Gasteiger charge is 2.29. The van der Waals surface area contributed by atoms with Gasteiger partial charge in [0.25, 0.3) is 0 Å². The van der Waals surface area contributed by atoms with E-state index in [1.807, 2.05) is 0 Å². The molecular formula is C27H48O5. The predicted octanol–water partition coefficient (Wildman–Crippen LogP) is 6.95. The number of Topliss-reactive ketones (excluding diaryl/α,β-unsaturated/α-hetero) is 1. The van der Waals surface area contributed by atoms with Crippen LogP contribution in [-0.4, -0.2) is 30.9 Å². The van der Waals surface area contributed by atoms with Crippen LogP contribution >= 0.6 is 0 Å². The largest absolute Gasteiger partial charge is 0.466 e. The third-order valence-corrected chi connectivity index (χ3v) is 6.48. The van der Waals surface area contributed by atoms with Crippen molar-refractivity contribution in [3.8, 4) is 0 Å². The molecule has 0 N–H and O–H groups in total. The van der Waals surface area contributed by atoms with Crippen molar-refractivity contribution in [2.75, 3.05) is 13.2 Å². The molecule has 5 heteroatoms. The SMILES string of the molecule is CCCCCCCCOC(=O)CC(CC(=O)OCCCCCCCC)CC(=O)C1CCC1. The fourth-order valence-electron chi connectivity index (χ4n) is 4.12. The Labute approximate surface area is 196 Å². The van der Waals surface area contributed by atoms with Crippen molar-refractivity contribution in [2.45, 2.75) is 129 Å². The average Bonchev–Trinajstić information content (AvgIpc) is 2.71. The summed E-state index contributed by atoms with van der Waals surface area (Å²) in [6.07, 6.45) is 17.2. The number of rotatable bonds is 21. The van der Waals surface area contributed by atoms with Crippen molar-refractivity contribution in [3.05, 3.63) is 0 Å². The molecule has 0 saturated heterocycles. The van der Waals surface area contributed by atoms with Crippen molar-refractivity contribution in [3.63, 3.8) is 0 Å². The highest BCUT2D eigenvalue weighted by molar-refractivity contribution is 5.83. The molecule has 0 bridgehead atoms. The normalized spacial score (nSPS) is 13.7. The number of ether oxygens (including phenoxy) is 2. The van der Waals surface area contributed by atoms with Gasteiger partial charge in [0.15, 0.2) is 0 Å². The second kappa shape index (κ2) is 19.1. The van der Waals surface area contributed by atoms with Crippen molar-refractivity contribution in [1.29, 1.82) is 0 Å². The predicted molar refractivity (Wildman–Crippen MR) is 128 cm³/mol. The zero-order chi connectivity index (χ0) is 23.4. The van der Waals surface area contributed by atoms with Crippen LogP contribution in [0.15, 0.2) is 0 Å². The molecule has 1 rings (SSSR count). The van der Waals surface area contributed by atoms with Crippen LogP contribution in [0.3, 0.4) is 0 Å². The molecule has 0 aromatic heterocycles. The minimum Gasteiger partial charge on any atom is -0.466 e. The van der Waals surface area contributed by atoms with Crippen LogP contribution in [0.5, 0.6) is 0 Å². The molecule has 1 aliphatic carbocycles. The minimum absolute atomic E-state index is 0.121. The van der Waals surface area contributed by atoms with Gasteiger partial charge in [0.1, 0.15) is 5.78 Å². The van der Waals surface area contributed by atoms with E-state index in [1.54, 1.807) is 0 Å². The Bertz CT molecular complexity index is 480. The Kier molecular flexibility index (Phi) is 17.1.